The number of pyridine rings is 1. The van der Waals surface area contributed by atoms with Gasteiger partial charge in [-0.3, -0.25) is 0 Å². The lowest BCUT2D eigenvalue weighted by Crippen LogP contribution is -2.37. The molecule has 0 spiro atoms. The SMILES string of the molecule is CCC(CC)N(CCO)c1ccc(C(N)=NO)cn1. The first-order valence-corrected chi connectivity index (χ1v) is 6.49. The van der Waals surface area contributed by atoms with E-state index in [9.17, 15) is 5.11 Å². The van der Waals surface area contributed by atoms with Gasteiger partial charge in [-0.1, -0.05) is 19.0 Å². The van der Waals surface area contributed by atoms with Crippen molar-refractivity contribution in [2.45, 2.75) is 32.7 Å². The summed E-state index contributed by atoms with van der Waals surface area (Å²) in [5.41, 5.74) is 6.07. The Labute approximate surface area is 113 Å². The van der Waals surface area contributed by atoms with Crippen LogP contribution in [0.1, 0.15) is 32.3 Å². The topological polar surface area (TPSA) is 95.0 Å². The predicted octanol–water partition coefficient (Wildman–Crippen LogP) is 1.16. The number of aromatic nitrogens is 1. The molecule has 1 aromatic heterocycles. The summed E-state index contributed by atoms with van der Waals surface area (Å²) in [6.45, 7) is 4.86. The van der Waals surface area contributed by atoms with Crippen LogP contribution in [0.2, 0.25) is 0 Å². The van der Waals surface area contributed by atoms with Gasteiger partial charge in [0.1, 0.15) is 5.82 Å². The molecule has 1 heterocycles. The first kappa shape index (κ1) is 15.2. The molecule has 1 aromatic rings. The normalized spacial score (nSPS) is 11.9. The van der Waals surface area contributed by atoms with Gasteiger partial charge in [-0.05, 0) is 25.0 Å². The molecule has 0 aliphatic carbocycles. The largest absolute Gasteiger partial charge is 0.409 e. The second kappa shape index (κ2) is 7.58. The smallest absolute Gasteiger partial charge is 0.171 e. The van der Waals surface area contributed by atoms with Crippen LogP contribution in [0.3, 0.4) is 0 Å². The fourth-order valence-corrected chi connectivity index (χ4v) is 2.09. The van der Waals surface area contributed by atoms with Gasteiger partial charge >= 0.3 is 0 Å². The number of aliphatic hydroxyl groups excluding tert-OH is 1. The summed E-state index contributed by atoms with van der Waals surface area (Å²) in [5.74, 6) is 0.826. The monoisotopic (exact) mass is 266 g/mol. The Hall–Kier alpha value is -1.82. The number of oxime groups is 1. The summed E-state index contributed by atoms with van der Waals surface area (Å²) >= 11 is 0. The van der Waals surface area contributed by atoms with Crippen LogP contribution in [0.15, 0.2) is 23.5 Å². The van der Waals surface area contributed by atoms with E-state index in [0.717, 1.165) is 18.7 Å². The van der Waals surface area contributed by atoms with E-state index >= 15 is 0 Å². The van der Waals surface area contributed by atoms with Crippen molar-refractivity contribution in [2.24, 2.45) is 10.9 Å². The van der Waals surface area contributed by atoms with Crippen molar-refractivity contribution in [3.8, 4) is 0 Å². The lowest BCUT2D eigenvalue weighted by Gasteiger charge is -2.31. The number of aliphatic hydroxyl groups is 1. The van der Waals surface area contributed by atoms with Crippen LogP contribution in [-0.2, 0) is 0 Å². The molecule has 0 atom stereocenters. The summed E-state index contributed by atoms with van der Waals surface area (Å²) in [6.07, 6.45) is 3.54. The maximum Gasteiger partial charge on any atom is 0.171 e. The molecule has 6 heteroatoms. The minimum Gasteiger partial charge on any atom is -0.409 e. The lowest BCUT2D eigenvalue weighted by atomic mass is 10.1. The highest BCUT2D eigenvalue weighted by Crippen LogP contribution is 2.18. The molecule has 19 heavy (non-hydrogen) atoms. The first-order chi connectivity index (χ1) is 9.17. The van der Waals surface area contributed by atoms with Crippen molar-refractivity contribution in [1.82, 2.24) is 4.98 Å². The summed E-state index contributed by atoms with van der Waals surface area (Å²) < 4.78 is 0. The van der Waals surface area contributed by atoms with Gasteiger partial charge in [0.2, 0.25) is 0 Å². The molecule has 0 aliphatic heterocycles. The van der Waals surface area contributed by atoms with Crippen molar-refractivity contribution in [3.63, 3.8) is 0 Å². The van der Waals surface area contributed by atoms with Crippen molar-refractivity contribution in [3.05, 3.63) is 23.9 Å². The van der Waals surface area contributed by atoms with E-state index in [0.29, 0.717) is 18.2 Å². The van der Waals surface area contributed by atoms with E-state index in [4.69, 9.17) is 10.9 Å². The fourth-order valence-electron chi connectivity index (χ4n) is 2.09. The van der Waals surface area contributed by atoms with Crippen molar-refractivity contribution in [1.29, 1.82) is 0 Å². The van der Waals surface area contributed by atoms with Gasteiger partial charge < -0.3 is 20.9 Å². The Bertz CT molecular complexity index is 402. The molecule has 0 fully saturated rings. The Morgan fingerprint density at radius 1 is 1.42 bits per heavy atom. The molecule has 0 amide bonds. The van der Waals surface area contributed by atoms with Gasteiger partial charge in [-0.25, -0.2) is 4.98 Å². The number of nitrogens with zero attached hydrogens (tertiary/aromatic N) is 3. The van der Waals surface area contributed by atoms with E-state index in [-0.39, 0.29) is 12.4 Å². The van der Waals surface area contributed by atoms with Crippen molar-refractivity contribution in [2.75, 3.05) is 18.1 Å². The maximum atomic E-state index is 9.18. The number of rotatable bonds is 7. The average molecular weight is 266 g/mol. The quantitative estimate of drug-likeness (QED) is 0.298. The van der Waals surface area contributed by atoms with Gasteiger partial charge in [-0.2, -0.15) is 0 Å². The van der Waals surface area contributed by atoms with E-state index in [1.807, 2.05) is 6.07 Å². The Morgan fingerprint density at radius 3 is 2.53 bits per heavy atom. The highest BCUT2D eigenvalue weighted by molar-refractivity contribution is 5.96. The third-order valence-corrected chi connectivity index (χ3v) is 3.17. The summed E-state index contributed by atoms with van der Waals surface area (Å²) in [6, 6.07) is 3.92. The molecule has 106 valence electrons. The highest BCUT2D eigenvalue weighted by Gasteiger charge is 2.16. The van der Waals surface area contributed by atoms with Crippen LogP contribution < -0.4 is 10.6 Å². The number of hydrogen-bond acceptors (Lipinski definition) is 5. The Morgan fingerprint density at radius 2 is 2.11 bits per heavy atom. The molecule has 0 aromatic carbocycles. The second-order valence-corrected chi connectivity index (χ2v) is 4.28. The fraction of sp³-hybridized carbons (Fsp3) is 0.538. The zero-order valence-corrected chi connectivity index (χ0v) is 11.5. The van der Waals surface area contributed by atoms with Crippen molar-refractivity contribution >= 4 is 11.7 Å². The molecule has 0 bridgehead atoms. The molecule has 4 N–H and O–H groups in total. The highest BCUT2D eigenvalue weighted by atomic mass is 16.4. The summed E-state index contributed by atoms with van der Waals surface area (Å²) in [5, 5.41) is 20.7. The second-order valence-electron chi connectivity index (χ2n) is 4.28. The van der Waals surface area contributed by atoms with Crippen LogP contribution in [0, 0.1) is 0 Å². The minimum atomic E-state index is 0.0373. The zero-order chi connectivity index (χ0) is 14.3. The van der Waals surface area contributed by atoms with Gasteiger partial charge in [0.15, 0.2) is 5.84 Å². The molecule has 0 radical (unpaired) electrons. The van der Waals surface area contributed by atoms with Gasteiger partial charge in [0, 0.05) is 24.3 Å². The van der Waals surface area contributed by atoms with Gasteiger partial charge in [0.05, 0.1) is 6.61 Å². The molecule has 1 rings (SSSR count). The third-order valence-electron chi connectivity index (χ3n) is 3.17. The van der Waals surface area contributed by atoms with Gasteiger partial charge in [0.25, 0.3) is 0 Å². The predicted molar refractivity (Wildman–Crippen MR) is 75.5 cm³/mol. The van der Waals surface area contributed by atoms with Gasteiger partial charge in [-0.15, -0.1) is 0 Å². The Balaban J connectivity index is 2.97. The van der Waals surface area contributed by atoms with E-state index in [2.05, 4.69) is 28.9 Å². The zero-order valence-electron chi connectivity index (χ0n) is 11.5. The molecular weight excluding hydrogens is 244 g/mol. The molecular formula is C13H22N4O2. The van der Waals surface area contributed by atoms with Crippen molar-refractivity contribution < 1.29 is 10.3 Å². The van der Waals surface area contributed by atoms with Crippen LogP contribution in [-0.4, -0.2) is 40.3 Å². The third kappa shape index (κ3) is 3.82. The molecule has 0 unspecified atom stereocenters. The number of nitrogens with two attached hydrogens (primary N) is 1. The van der Waals surface area contributed by atoms with E-state index in [1.54, 1.807) is 12.3 Å². The number of hydrogen-bond donors (Lipinski definition) is 3. The van der Waals surface area contributed by atoms with E-state index < -0.39 is 0 Å². The minimum absolute atomic E-state index is 0.0373. The maximum absolute atomic E-state index is 9.18. The molecule has 0 aliphatic rings. The summed E-state index contributed by atoms with van der Waals surface area (Å²) in [7, 11) is 0. The molecule has 0 saturated heterocycles. The van der Waals surface area contributed by atoms with E-state index in [1.165, 1.54) is 0 Å². The van der Waals surface area contributed by atoms with Crippen LogP contribution >= 0.6 is 0 Å². The molecule has 0 saturated carbocycles. The lowest BCUT2D eigenvalue weighted by molar-refractivity contribution is 0.295. The number of anilines is 1. The standard InChI is InChI=1S/C13H22N4O2/c1-3-11(4-2)17(7-8-18)12-6-5-10(9-15-12)13(14)16-19/h5-6,9,11,18-19H,3-4,7-8H2,1-2H3,(H2,14,16). The van der Waals surface area contributed by atoms with Crippen LogP contribution in [0.25, 0.3) is 0 Å². The summed E-state index contributed by atoms with van der Waals surface area (Å²) in [4.78, 5) is 6.41. The number of amidine groups is 1. The first-order valence-electron chi connectivity index (χ1n) is 6.49. The van der Waals surface area contributed by atoms with Crippen LogP contribution in [0.4, 0.5) is 5.82 Å². The van der Waals surface area contributed by atoms with Crippen LogP contribution in [0.5, 0.6) is 0 Å². The Kier molecular flexibility index (Phi) is 6.08. The average Bonchev–Trinajstić information content (AvgIpc) is 2.47. The molecule has 6 nitrogen and oxygen atoms in total.